The Morgan fingerprint density at radius 1 is 1.25 bits per heavy atom. The van der Waals surface area contributed by atoms with Gasteiger partial charge in [0, 0.05) is 13.6 Å². The van der Waals surface area contributed by atoms with Crippen molar-refractivity contribution in [3.8, 4) is 0 Å². The molecule has 0 aromatic carbocycles. The summed E-state index contributed by atoms with van der Waals surface area (Å²) >= 11 is 0. The molecule has 1 amide bonds. The van der Waals surface area contributed by atoms with Crippen LogP contribution in [0.25, 0.3) is 0 Å². The number of nitrogens with zero attached hydrogens (tertiary/aromatic N) is 2. The molecule has 0 saturated heterocycles. The van der Waals surface area contributed by atoms with Crippen LogP contribution in [0.5, 0.6) is 0 Å². The van der Waals surface area contributed by atoms with Crippen molar-refractivity contribution < 1.29 is 14.3 Å². The Morgan fingerprint density at radius 2 is 2.00 bits per heavy atom. The predicted molar refractivity (Wildman–Crippen MR) is 90.7 cm³/mol. The van der Waals surface area contributed by atoms with E-state index in [1.54, 1.807) is 30.1 Å². The summed E-state index contributed by atoms with van der Waals surface area (Å²) in [6, 6.07) is 4.96. The predicted octanol–water partition coefficient (Wildman–Crippen LogP) is 3.16. The second kappa shape index (κ2) is 6.91. The molecule has 0 spiro atoms. The summed E-state index contributed by atoms with van der Waals surface area (Å²) in [5, 5.41) is 0. The number of carbonyl (C=O) groups excluding carboxylic acids is 2. The number of esters is 1. The van der Waals surface area contributed by atoms with E-state index in [0.29, 0.717) is 24.1 Å². The first kappa shape index (κ1) is 16.9. The molecule has 2 aliphatic rings. The summed E-state index contributed by atoms with van der Waals surface area (Å²) < 4.78 is 5.66. The summed E-state index contributed by atoms with van der Waals surface area (Å²) in [5.41, 5.74) is 0.516. The van der Waals surface area contributed by atoms with Gasteiger partial charge in [-0.3, -0.25) is 4.79 Å². The lowest BCUT2D eigenvalue weighted by molar-refractivity contribution is 0.0152. The molecule has 0 unspecified atom stereocenters. The Bertz CT molecular complexity index is 629. The second-order valence-corrected chi connectivity index (χ2v) is 7.61. The van der Waals surface area contributed by atoms with Gasteiger partial charge in [-0.05, 0) is 55.6 Å². The second-order valence-electron chi connectivity index (χ2n) is 7.61. The van der Waals surface area contributed by atoms with Gasteiger partial charge in [-0.15, -0.1) is 0 Å². The van der Waals surface area contributed by atoms with Gasteiger partial charge in [0.1, 0.15) is 17.5 Å². The topological polar surface area (TPSA) is 59.5 Å². The Labute approximate surface area is 143 Å². The van der Waals surface area contributed by atoms with E-state index in [9.17, 15) is 9.59 Å². The molecule has 0 aliphatic heterocycles. The Balaban J connectivity index is 1.66. The quantitative estimate of drug-likeness (QED) is 0.778. The van der Waals surface area contributed by atoms with Gasteiger partial charge in [-0.25, -0.2) is 9.78 Å². The number of hydrogen-bond donors (Lipinski definition) is 0. The van der Waals surface area contributed by atoms with Crippen LogP contribution in [0.2, 0.25) is 0 Å². The van der Waals surface area contributed by atoms with Crippen molar-refractivity contribution in [3.05, 3.63) is 29.6 Å². The zero-order chi connectivity index (χ0) is 17.3. The van der Waals surface area contributed by atoms with Gasteiger partial charge in [0.25, 0.3) is 5.91 Å². The Morgan fingerprint density at radius 3 is 2.62 bits per heavy atom. The molecule has 0 N–H and O–H groups in total. The van der Waals surface area contributed by atoms with Crippen LogP contribution in [0.1, 0.15) is 60.5 Å². The van der Waals surface area contributed by atoms with Crippen LogP contribution in [-0.4, -0.2) is 41.5 Å². The molecule has 130 valence electrons. The molecule has 5 heteroatoms. The number of fused-ring (bicyclic) bond motifs is 2. The lowest BCUT2D eigenvalue weighted by Gasteiger charge is -2.22. The lowest BCUT2D eigenvalue weighted by atomic mass is 9.98. The first-order valence-corrected chi connectivity index (χ1v) is 8.87. The largest absolute Gasteiger partial charge is 0.457 e. The van der Waals surface area contributed by atoms with E-state index in [1.807, 2.05) is 0 Å². The molecule has 5 nitrogen and oxygen atoms in total. The zero-order valence-electron chi connectivity index (χ0n) is 14.7. The monoisotopic (exact) mass is 330 g/mol. The van der Waals surface area contributed by atoms with Crippen LogP contribution in [0, 0.1) is 17.8 Å². The van der Waals surface area contributed by atoms with E-state index in [2.05, 4.69) is 18.8 Å². The maximum Gasteiger partial charge on any atom is 0.357 e. The van der Waals surface area contributed by atoms with E-state index in [-0.39, 0.29) is 17.7 Å². The highest BCUT2D eigenvalue weighted by atomic mass is 16.5. The molecule has 1 aromatic rings. The molecule has 0 radical (unpaired) electrons. The molecule has 1 heterocycles. The number of aromatic nitrogens is 1. The van der Waals surface area contributed by atoms with Crippen LogP contribution < -0.4 is 0 Å². The van der Waals surface area contributed by atoms with Gasteiger partial charge in [-0.2, -0.15) is 0 Å². The van der Waals surface area contributed by atoms with Gasteiger partial charge < -0.3 is 9.64 Å². The smallest absolute Gasteiger partial charge is 0.357 e. The molecule has 2 aliphatic carbocycles. The summed E-state index contributed by atoms with van der Waals surface area (Å²) in [6.07, 6.45) is 4.62. The van der Waals surface area contributed by atoms with Gasteiger partial charge in [0.05, 0.1) is 0 Å². The van der Waals surface area contributed by atoms with Crippen molar-refractivity contribution in [2.75, 3.05) is 13.6 Å². The van der Waals surface area contributed by atoms with Crippen LogP contribution >= 0.6 is 0 Å². The molecule has 24 heavy (non-hydrogen) atoms. The Kier molecular flexibility index (Phi) is 4.88. The normalized spacial score (nSPS) is 25.1. The molecule has 2 fully saturated rings. The molecular weight excluding hydrogens is 304 g/mol. The van der Waals surface area contributed by atoms with E-state index in [1.165, 1.54) is 12.8 Å². The summed E-state index contributed by atoms with van der Waals surface area (Å²) in [5.74, 6) is 1.04. The number of ether oxygens (including phenoxy) is 1. The number of rotatable bonds is 5. The fourth-order valence-electron chi connectivity index (χ4n) is 4.02. The maximum absolute atomic E-state index is 12.4. The first-order valence-electron chi connectivity index (χ1n) is 8.87. The molecule has 3 rings (SSSR count). The minimum Gasteiger partial charge on any atom is -0.457 e. The molecule has 3 atom stereocenters. The van der Waals surface area contributed by atoms with Gasteiger partial charge in [0.2, 0.25) is 0 Å². The highest BCUT2D eigenvalue weighted by Gasteiger charge is 2.41. The van der Waals surface area contributed by atoms with Crippen molar-refractivity contribution >= 4 is 11.9 Å². The van der Waals surface area contributed by atoms with Crippen LogP contribution in [0.15, 0.2) is 18.2 Å². The fraction of sp³-hybridized carbons (Fsp3) is 0.632. The summed E-state index contributed by atoms with van der Waals surface area (Å²) in [7, 11) is 1.75. The highest BCUT2D eigenvalue weighted by Crippen LogP contribution is 2.46. The third-order valence-electron chi connectivity index (χ3n) is 5.09. The van der Waals surface area contributed by atoms with Crippen molar-refractivity contribution in [1.29, 1.82) is 0 Å². The average molecular weight is 330 g/mol. The number of hydrogen-bond acceptors (Lipinski definition) is 4. The third kappa shape index (κ3) is 3.60. The minimum absolute atomic E-state index is 0.0287. The maximum atomic E-state index is 12.4. The molecule has 2 saturated carbocycles. The van der Waals surface area contributed by atoms with Gasteiger partial charge in [0.15, 0.2) is 0 Å². The van der Waals surface area contributed by atoms with Crippen molar-refractivity contribution in [2.45, 2.75) is 45.6 Å². The fourth-order valence-corrected chi connectivity index (χ4v) is 4.02. The average Bonchev–Trinajstić information content (AvgIpc) is 3.16. The summed E-state index contributed by atoms with van der Waals surface area (Å²) in [4.78, 5) is 30.7. The van der Waals surface area contributed by atoms with Crippen molar-refractivity contribution in [2.24, 2.45) is 17.8 Å². The van der Waals surface area contributed by atoms with Crippen molar-refractivity contribution in [1.82, 2.24) is 9.88 Å². The SMILES string of the molecule is CC(C)CN(C)C(=O)c1cccc(C(=O)O[C@H]2C[C@H]3CC[C@H]2C3)n1. The van der Waals surface area contributed by atoms with E-state index in [4.69, 9.17) is 4.74 Å². The number of amides is 1. The van der Waals surface area contributed by atoms with Gasteiger partial charge >= 0.3 is 5.97 Å². The number of pyridine rings is 1. The van der Waals surface area contributed by atoms with E-state index >= 15 is 0 Å². The van der Waals surface area contributed by atoms with Crippen molar-refractivity contribution in [3.63, 3.8) is 0 Å². The molecule has 2 bridgehead atoms. The Hall–Kier alpha value is -1.91. The van der Waals surface area contributed by atoms with E-state index < -0.39 is 5.97 Å². The highest BCUT2D eigenvalue weighted by molar-refractivity contribution is 5.94. The van der Waals surface area contributed by atoms with Gasteiger partial charge in [-0.1, -0.05) is 19.9 Å². The number of carbonyl (C=O) groups is 2. The molecular formula is C19H26N2O3. The summed E-state index contributed by atoms with van der Waals surface area (Å²) in [6.45, 7) is 4.76. The zero-order valence-corrected chi connectivity index (χ0v) is 14.7. The first-order chi connectivity index (χ1) is 11.4. The lowest BCUT2D eigenvalue weighted by Crippen LogP contribution is -2.31. The van der Waals surface area contributed by atoms with Crippen LogP contribution in [0.4, 0.5) is 0 Å². The third-order valence-corrected chi connectivity index (χ3v) is 5.09. The minimum atomic E-state index is -0.409. The van der Waals surface area contributed by atoms with Crippen LogP contribution in [-0.2, 0) is 4.74 Å². The standard InChI is InChI=1S/C19H26N2O3/c1-12(2)11-21(3)18(22)15-5-4-6-16(20-15)19(23)24-17-10-13-7-8-14(17)9-13/h4-6,12-14,17H,7-11H2,1-3H3/t13-,14-,17-/m0/s1. The molecule has 1 aromatic heterocycles. The van der Waals surface area contributed by atoms with Crippen LogP contribution in [0.3, 0.4) is 0 Å². The van der Waals surface area contributed by atoms with E-state index in [0.717, 1.165) is 18.8 Å².